The second kappa shape index (κ2) is 7.81. The Morgan fingerprint density at radius 3 is 2.22 bits per heavy atom. The van der Waals surface area contributed by atoms with E-state index in [4.69, 9.17) is 0 Å². The van der Waals surface area contributed by atoms with Gasteiger partial charge in [0.25, 0.3) is 5.91 Å². The van der Waals surface area contributed by atoms with Gasteiger partial charge in [-0.05, 0) is 30.3 Å². The predicted octanol–water partition coefficient (Wildman–Crippen LogP) is 3.90. The molecule has 0 atom stereocenters. The smallest absolute Gasteiger partial charge is 0.259 e. The highest BCUT2D eigenvalue weighted by molar-refractivity contribution is 6.03. The Hall–Kier alpha value is -3.49. The number of hydrogen-bond donors (Lipinski definition) is 2. The minimum absolute atomic E-state index is 0.0272. The summed E-state index contributed by atoms with van der Waals surface area (Å²) in [4.78, 5) is 12.0. The third-order valence-electron chi connectivity index (χ3n) is 3.60. The van der Waals surface area contributed by atoms with Crippen LogP contribution in [0.3, 0.4) is 0 Å². The van der Waals surface area contributed by atoms with E-state index in [0.29, 0.717) is 17.4 Å². The number of rotatable bonds is 5. The van der Waals surface area contributed by atoms with E-state index in [9.17, 15) is 22.4 Å². The van der Waals surface area contributed by atoms with Crippen molar-refractivity contribution in [2.24, 2.45) is 0 Å². The zero-order chi connectivity index (χ0) is 19.4. The maximum absolute atomic E-state index is 13.6. The summed E-state index contributed by atoms with van der Waals surface area (Å²) >= 11 is 0. The van der Waals surface area contributed by atoms with Crippen molar-refractivity contribution in [1.82, 2.24) is 10.2 Å². The lowest BCUT2D eigenvalue weighted by Gasteiger charge is -2.08. The number of anilines is 2. The van der Waals surface area contributed by atoms with E-state index in [0.717, 1.165) is 6.07 Å². The highest BCUT2D eigenvalue weighted by atomic mass is 19.2. The molecule has 2 aromatic carbocycles. The molecule has 0 aliphatic heterocycles. The molecule has 5 nitrogen and oxygen atoms in total. The summed E-state index contributed by atoms with van der Waals surface area (Å²) in [5.74, 6) is -5.81. The molecule has 138 valence electrons. The minimum atomic E-state index is -1.73. The zero-order valence-electron chi connectivity index (χ0n) is 13.6. The third kappa shape index (κ3) is 4.20. The molecule has 27 heavy (non-hydrogen) atoms. The molecular weight excluding hydrogens is 364 g/mol. The Morgan fingerprint density at radius 1 is 0.815 bits per heavy atom. The van der Waals surface area contributed by atoms with Crippen molar-refractivity contribution in [2.75, 3.05) is 10.6 Å². The summed E-state index contributed by atoms with van der Waals surface area (Å²) in [6, 6.07) is 10.5. The van der Waals surface area contributed by atoms with Crippen LogP contribution in [0.2, 0.25) is 0 Å². The fourth-order valence-corrected chi connectivity index (χ4v) is 2.21. The van der Waals surface area contributed by atoms with E-state index in [1.54, 1.807) is 18.2 Å². The third-order valence-corrected chi connectivity index (χ3v) is 3.60. The van der Waals surface area contributed by atoms with E-state index >= 15 is 0 Å². The molecular formula is C18H12F4N4O. The number of benzene rings is 2. The van der Waals surface area contributed by atoms with E-state index < -0.39 is 28.9 Å². The lowest BCUT2D eigenvalue weighted by Crippen LogP contribution is -2.16. The molecule has 0 saturated carbocycles. The number of aromatic nitrogens is 2. The Balaban J connectivity index is 1.65. The number of amides is 1. The maximum Gasteiger partial charge on any atom is 0.259 e. The fraction of sp³-hybridized carbons (Fsp3) is 0.0556. The van der Waals surface area contributed by atoms with Crippen LogP contribution in [0.25, 0.3) is 0 Å². The number of halogens is 4. The van der Waals surface area contributed by atoms with Crippen molar-refractivity contribution in [3.63, 3.8) is 0 Å². The topological polar surface area (TPSA) is 66.9 Å². The van der Waals surface area contributed by atoms with Gasteiger partial charge in [0, 0.05) is 12.1 Å². The van der Waals surface area contributed by atoms with Crippen LogP contribution in [0.5, 0.6) is 0 Å². The van der Waals surface area contributed by atoms with Crippen LogP contribution in [0.4, 0.5) is 29.2 Å². The van der Waals surface area contributed by atoms with Crippen LogP contribution in [-0.4, -0.2) is 16.1 Å². The lowest BCUT2D eigenvalue weighted by atomic mass is 10.2. The standard InChI is InChI=1S/C18H12F4N4O/c19-12-4-2-1-3-10(12)9-23-14-7-8-15(26-25-14)24-18(27)11-5-6-13(20)17(22)16(11)21/h1-8H,9H2,(H,23,25)(H,24,26,27). The first kappa shape index (κ1) is 18.3. The Morgan fingerprint density at radius 2 is 1.52 bits per heavy atom. The summed E-state index contributed by atoms with van der Waals surface area (Å²) in [6.07, 6.45) is 0. The van der Waals surface area contributed by atoms with Crippen molar-refractivity contribution in [3.05, 3.63) is 82.9 Å². The minimum Gasteiger partial charge on any atom is -0.364 e. The fourth-order valence-electron chi connectivity index (χ4n) is 2.21. The molecule has 1 aromatic heterocycles. The average molecular weight is 376 g/mol. The molecule has 0 saturated heterocycles. The van der Waals surface area contributed by atoms with Crippen molar-refractivity contribution in [1.29, 1.82) is 0 Å². The van der Waals surface area contributed by atoms with Gasteiger partial charge in [-0.3, -0.25) is 4.79 Å². The van der Waals surface area contributed by atoms with E-state index in [1.165, 1.54) is 18.2 Å². The van der Waals surface area contributed by atoms with Crippen LogP contribution < -0.4 is 10.6 Å². The van der Waals surface area contributed by atoms with Gasteiger partial charge in [0.15, 0.2) is 23.3 Å². The molecule has 0 radical (unpaired) electrons. The molecule has 2 N–H and O–H groups in total. The molecule has 0 aliphatic carbocycles. The Labute approximate surface area is 151 Å². The van der Waals surface area contributed by atoms with Crippen molar-refractivity contribution in [3.8, 4) is 0 Å². The van der Waals surface area contributed by atoms with Crippen LogP contribution in [0.1, 0.15) is 15.9 Å². The quantitative estimate of drug-likeness (QED) is 0.524. The monoisotopic (exact) mass is 376 g/mol. The second-order valence-electron chi connectivity index (χ2n) is 5.43. The summed E-state index contributed by atoms with van der Waals surface area (Å²) in [7, 11) is 0. The summed E-state index contributed by atoms with van der Waals surface area (Å²) < 4.78 is 53.3. The van der Waals surface area contributed by atoms with Crippen molar-refractivity contribution < 1.29 is 22.4 Å². The van der Waals surface area contributed by atoms with Gasteiger partial charge in [0.05, 0.1) is 5.56 Å². The van der Waals surface area contributed by atoms with Gasteiger partial charge >= 0.3 is 0 Å². The summed E-state index contributed by atoms with van der Waals surface area (Å²) in [5.41, 5.74) is -0.233. The molecule has 0 unspecified atom stereocenters. The molecule has 0 aliphatic rings. The Bertz CT molecular complexity index is 980. The van der Waals surface area contributed by atoms with E-state index in [2.05, 4.69) is 20.8 Å². The molecule has 0 bridgehead atoms. The SMILES string of the molecule is O=C(Nc1ccc(NCc2ccccc2F)nn1)c1ccc(F)c(F)c1F. The van der Waals surface area contributed by atoms with E-state index in [-0.39, 0.29) is 18.2 Å². The van der Waals surface area contributed by atoms with Gasteiger partial charge in [0.1, 0.15) is 11.6 Å². The van der Waals surface area contributed by atoms with Gasteiger partial charge in [-0.2, -0.15) is 0 Å². The van der Waals surface area contributed by atoms with Gasteiger partial charge < -0.3 is 10.6 Å². The number of nitrogens with one attached hydrogen (secondary N) is 2. The number of nitrogens with zero attached hydrogens (tertiary/aromatic N) is 2. The average Bonchev–Trinajstić information content (AvgIpc) is 2.66. The lowest BCUT2D eigenvalue weighted by molar-refractivity contribution is 0.102. The first-order chi connectivity index (χ1) is 13.0. The largest absolute Gasteiger partial charge is 0.364 e. The number of carbonyl (C=O) groups is 1. The molecule has 1 heterocycles. The van der Waals surface area contributed by atoms with Crippen LogP contribution >= 0.6 is 0 Å². The highest BCUT2D eigenvalue weighted by Gasteiger charge is 2.19. The first-order valence-electron chi connectivity index (χ1n) is 7.71. The van der Waals surface area contributed by atoms with Gasteiger partial charge in [-0.15, -0.1) is 10.2 Å². The number of hydrogen-bond acceptors (Lipinski definition) is 4. The maximum atomic E-state index is 13.6. The van der Waals surface area contributed by atoms with Crippen LogP contribution in [0, 0.1) is 23.3 Å². The summed E-state index contributed by atoms with van der Waals surface area (Å²) in [6.45, 7) is 0.174. The molecule has 0 fully saturated rings. The van der Waals surface area contributed by atoms with Crippen LogP contribution in [-0.2, 0) is 6.54 Å². The molecule has 0 spiro atoms. The second-order valence-corrected chi connectivity index (χ2v) is 5.43. The molecule has 3 aromatic rings. The van der Waals surface area contributed by atoms with Crippen LogP contribution in [0.15, 0.2) is 48.5 Å². The molecule has 9 heteroatoms. The van der Waals surface area contributed by atoms with Crippen molar-refractivity contribution in [2.45, 2.75) is 6.54 Å². The van der Waals surface area contributed by atoms with Gasteiger partial charge in [0.2, 0.25) is 0 Å². The normalized spacial score (nSPS) is 10.5. The predicted molar refractivity (Wildman–Crippen MR) is 90.0 cm³/mol. The molecule has 1 amide bonds. The van der Waals surface area contributed by atoms with Gasteiger partial charge in [-0.25, -0.2) is 17.6 Å². The zero-order valence-corrected chi connectivity index (χ0v) is 13.6. The first-order valence-corrected chi connectivity index (χ1v) is 7.71. The van der Waals surface area contributed by atoms with Crippen molar-refractivity contribution >= 4 is 17.5 Å². The van der Waals surface area contributed by atoms with E-state index in [1.807, 2.05) is 0 Å². The number of carbonyl (C=O) groups excluding carboxylic acids is 1. The summed E-state index contributed by atoms with van der Waals surface area (Å²) in [5, 5.41) is 12.6. The van der Waals surface area contributed by atoms with Gasteiger partial charge in [-0.1, -0.05) is 18.2 Å². The highest BCUT2D eigenvalue weighted by Crippen LogP contribution is 2.17. The molecule has 3 rings (SSSR count). The Kier molecular flexibility index (Phi) is 5.30.